The largest absolute Gasteiger partial charge is 0.403 e. The highest BCUT2D eigenvalue weighted by Gasteiger charge is 2.50. The minimum Gasteiger partial charge on any atom is -0.403 e. The smallest absolute Gasteiger partial charge is 0.282 e. The predicted molar refractivity (Wildman–Crippen MR) is 152 cm³/mol. The standard InChI is InChI=1S/C30H31NO3SSi/c1-30(2,3)36(26-15-9-5-10-16-26,27-17-11-6-12-18-27)34-22-25-19-20-28(31(32)33)29(21-25)35-23-24-13-7-4-8-14-24/h4-21H,22-23H2,1-3H3. The minimum atomic E-state index is -2.70. The van der Waals surface area contributed by atoms with Crippen LogP contribution in [0.1, 0.15) is 31.9 Å². The Morgan fingerprint density at radius 1 is 0.778 bits per heavy atom. The number of rotatable bonds is 9. The summed E-state index contributed by atoms with van der Waals surface area (Å²) in [6.07, 6.45) is 0. The van der Waals surface area contributed by atoms with Crippen molar-refractivity contribution in [1.82, 2.24) is 0 Å². The highest BCUT2D eigenvalue weighted by Crippen LogP contribution is 2.38. The molecule has 0 saturated heterocycles. The summed E-state index contributed by atoms with van der Waals surface area (Å²) < 4.78 is 7.03. The van der Waals surface area contributed by atoms with Gasteiger partial charge in [0, 0.05) is 11.8 Å². The number of thioether (sulfide) groups is 1. The normalized spacial score (nSPS) is 11.9. The SMILES string of the molecule is CC(C)(C)[Si](OCc1ccc([N+](=O)[O-])c(SCc2ccccc2)c1)(c1ccccc1)c1ccccc1. The molecular formula is C30H31NO3SSi. The highest BCUT2D eigenvalue weighted by atomic mass is 32.2. The van der Waals surface area contributed by atoms with Crippen molar-refractivity contribution in [2.24, 2.45) is 0 Å². The second-order valence-electron chi connectivity index (χ2n) is 9.79. The maximum atomic E-state index is 11.7. The predicted octanol–water partition coefficient (Wildman–Crippen LogP) is 6.96. The van der Waals surface area contributed by atoms with Crippen molar-refractivity contribution >= 4 is 36.1 Å². The molecule has 0 fully saturated rings. The van der Waals surface area contributed by atoms with Gasteiger partial charge in [-0.1, -0.05) is 112 Å². The Morgan fingerprint density at radius 3 is 1.81 bits per heavy atom. The van der Waals surface area contributed by atoms with Gasteiger partial charge in [0.15, 0.2) is 0 Å². The van der Waals surface area contributed by atoms with Gasteiger partial charge in [-0.05, 0) is 38.7 Å². The second-order valence-corrected chi connectivity index (χ2v) is 15.1. The lowest BCUT2D eigenvalue weighted by molar-refractivity contribution is -0.387. The Kier molecular flexibility index (Phi) is 8.09. The zero-order valence-electron chi connectivity index (χ0n) is 20.9. The number of benzene rings is 4. The van der Waals surface area contributed by atoms with Crippen LogP contribution in [0.2, 0.25) is 5.04 Å². The fraction of sp³-hybridized carbons (Fsp3) is 0.200. The molecule has 4 aromatic rings. The fourth-order valence-electron chi connectivity index (χ4n) is 4.60. The summed E-state index contributed by atoms with van der Waals surface area (Å²) in [6.45, 7) is 7.12. The first-order valence-electron chi connectivity index (χ1n) is 12.0. The van der Waals surface area contributed by atoms with Crippen molar-refractivity contribution in [2.45, 2.75) is 43.1 Å². The molecule has 0 N–H and O–H groups in total. The van der Waals surface area contributed by atoms with E-state index in [1.807, 2.05) is 54.6 Å². The van der Waals surface area contributed by atoms with Crippen molar-refractivity contribution in [3.8, 4) is 0 Å². The van der Waals surface area contributed by atoms with E-state index < -0.39 is 8.32 Å². The van der Waals surface area contributed by atoms with Crippen LogP contribution in [0.25, 0.3) is 0 Å². The molecule has 0 atom stereocenters. The van der Waals surface area contributed by atoms with E-state index in [-0.39, 0.29) is 15.6 Å². The van der Waals surface area contributed by atoms with Gasteiger partial charge in [-0.3, -0.25) is 10.1 Å². The molecular weight excluding hydrogens is 482 g/mol. The van der Waals surface area contributed by atoms with E-state index in [4.69, 9.17) is 4.43 Å². The molecule has 36 heavy (non-hydrogen) atoms. The van der Waals surface area contributed by atoms with E-state index >= 15 is 0 Å². The molecule has 0 aromatic heterocycles. The molecule has 0 aliphatic rings. The third kappa shape index (κ3) is 5.62. The molecule has 0 saturated carbocycles. The summed E-state index contributed by atoms with van der Waals surface area (Å²) in [5.41, 5.74) is 2.19. The lowest BCUT2D eigenvalue weighted by Gasteiger charge is -2.43. The Morgan fingerprint density at radius 2 is 1.31 bits per heavy atom. The molecule has 0 aliphatic carbocycles. The average Bonchev–Trinajstić information content (AvgIpc) is 2.89. The molecule has 6 heteroatoms. The van der Waals surface area contributed by atoms with E-state index in [1.54, 1.807) is 6.07 Å². The number of nitrogens with zero attached hydrogens (tertiary/aromatic N) is 1. The maximum absolute atomic E-state index is 11.7. The summed E-state index contributed by atoms with van der Waals surface area (Å²) in [5.74, 6) is 0.667. The Bertz CT molecular complexity index is 1250. The first-order chi connectivity index (χ1) is 17.3. The van der Waals surface area contributed by atoms with Gasteiger partial charge in [-0.25, -0.2) is 0 Å². The van der Waals surface area contributed by atoms with Crippen molar-refractivity contribution < 1.29 is 9.35 Å². The highest BCUT2D eigenvalue weighted by molar-refractivity contribution is 7.98. The third-order valence-electron chi connectivity index (χ3n) is 6.33. The Labute approximate surface area is 218 Å². The van der Waals surface area contributed by atoms with Gasteiger partial charge in [0.2, 0.25) is 0 Å². The first-order valence-corrected chi connectivity index (χ1v) is 14.9. The summed E-state index contributed by atoms with van der Waals surface area (Å²) in [7, 11) is -2.70. The van der Waals surface area contributed by atoms with Gasteiger partial charge in [-0.2, -0.15) is 0 Å². The zero-order valence-corrected chi connectivity index (χ0v) is 22.7. The monoisotopic (exact) mass is 513 g/mol. The van der Waals surface area contributed by atoms with Crippen molar-refractivity contribution in [2.75, 3.05) is 0 Å². The topological polar surface area (TPSA) is 52.4 Å². The third-order valence-corrected chi connectivity index (χ3v) is 12.4. The van der Waals surface area contributed by atoms with E-state index in [2.05, 4.69) is 69.3 Å². The lowest BCUT2D eigenvalue weighted by atomic mass is 10.2. The molecule has 4 nitrogen and oxygen atoms in total. The molecule has 0 aliphatic heterocycles. The van der Waals surface area contributed by atoms with Crippen LogP contribution in [0.4, 0.5) is 5.69 Å². The Hall–Kier alpha value is -3.19. The lowest BCUT2D eigenvalue weighted by Crippen LogP contribution is -2.66. The summed E-state index contributed by atoms with van der Waals surface area (Å²) in [4.78, 5) is 12.1. The average molecular weight is 514 g/mol. The molecule has 184 valence electrons. The summed E-state index contributed by atoms with van der Waals surface area (Å²) >= 11 is 1.49. The Balaban J connectivity index is 1.69. The van der Waals surface area contributed by atoms with Crippen molar-refractivity contribution in [3.05, 3.63) is 130 Å². The van der Waals surface area contributed by atoms with E-state index in [9.17, 15) is 10.1 Å². The van der Waals surface area contributed by atoms with Crippen LogP contribution in [0, 0.1) is 10.1 Å². The van der Waals surface area contributed by atoms with Crippen LogP contribution in [-0.2, 0) is 16.8 Å². The molecule has 0 bridgehead atoms. The quantitative estimate of drug-likeness (QED) is 0.105. The molecule has 0 radical (unpaired) electrons. The molecule has 0 heterocycles. The maximum Gasteiger partial charge on any atom is 0.282 e. The number of hydrogen-bond donors (Lipinski definition) is 0. The molecule has 0 spiro atoms. The van der Waals surface area contributed by atoms with Crippen LogP contribution in [-0.4, -0.2) is 13.2 Å². The number of hydrogen-bond acceptors (Lipinski definition) is 4. The van der Waals surface area contributed by atoms with E-state index in [1.165, 1.54) is 22.1 Å². The molecule has 0 unspecified atom stereocenters. The van der Waals surface area contributed by atoms with Crippen LogP contribution >= 0.6 is 11.8 Å². The summed E-state index contributed by atoms with van der Waals surface area (Å²) in [5, 5.41) is 14.0. The minimum absolute atomic E-state index is 0.130. The van der Waals surface area contributed by atoms with Gasteiger partial charge >= 0.3 is 0 Å². The van der Waals surface area contributed by atoms with Gasteiger partial charge in [0.1, 0.15) is 0 Å². The van der Waals surface area contributed by atoms with Gasteiger partial charge in [0.05, 0.1) is 16.4 Å². The first kappa shape index (κ1) is 25.9. The summed E-state index contributed by atoms with van der Waals surface area (Å²) in [6, 6.07) is 36.4. The molecule has 4 aromatic carbocycles. The van der Waals surface area contributed by atoms with Gasteiger partial charge in [0.25, 0.3) is 14.0 Å². The van der Waals surface area contributed by atoms with E-state index in [0.29, 0.717) is 17.3 Å². The van der Waals surface area contributed by atoms with Crippen LogP contribution in [0.5, 0.6) is 0 Å². The van der Waals surface area contributed by atoms with E-state index in [0.717, 1.165) is 11.1 Å². The second kappa shape index (κ2) is 11.2. The molecule has 0 amide bonds. The molecule has 4 rings (SSSR count). The van der Waals surface area contributed by atoms with Crippen LogP contribution in [0.3, 0.4) is 0 Å². The zero-order chi connectivity index (χ0) is 25.6. The van der Waals surface area contributed by atoms with Gasteiger partial charge < -0.3 is 4.43 Å². The number of nitro benzene ring substituents is 1. The van der Waals surface area contributed by atoms with Gasteiger partial charge in [-0.15, -0.1) is 11.8 Å². The van der Waals surface area contributed by atoms with Crippen molar-refractivity contribution in [3.63, 3.8) is 0 Å². The number of nitro groups is 1. The fourth-order valence-corrected chi connectivity index (χ4v) is 10.2. The van der Waals surface area contributed by atoms with Crippen LogP contribution < -0.4 is 10.4 Å². The van der Waals surface area contributed by atoms with Crippen LogP contribution in [0.15, 0.2) is 114 Å². The van der Waals surface area contributed by atoms with Crippen molar-refractivity contribution in [1.29, 1.82) is 0 Å².